The Kier molecular flexibility index (Phi) is 5.60. The van der Waals surface area contributed by atoms with Gasteiger partial charge in [-0.05, 0) is 67.3 Å². The number of amides is 1. The van der Waals surface area contributed by atoms with Crippen molar-refractivity contribution in [2.75, 3.05) is 0 Å². The summed E-state index contributed by atoms with van der Waals surface area (Å²) in [7, 11) is 0. The van der Waals surface area contributed by atoms with E-state index in [0.29, 0.717) is 11.6 Å². The van der Waals surface area contributed by atoms with Crippen molar-refractivity contribution in [2.45, 2.75) is 33.7 Å². The number of aryl methyl sites for hydroxylation is 3. The summed E-state index contributed by atoms with van der Waals surface area (Å²) in [5.41, 5.74) is 8.06. The van der Waals surface area contributed by atoms with Gasteiger partial charge in [-0.25, -0.2) is 4.98 Å². The van der Waals surface area contributed by atoms with Gasteiger partial charge < -0.3 is 9.72 Å². The van der Waals surface area contributed by atoms with Crippen LogP contribution < -0.4 is 5.32 Å². The SMILES string of the molecule is Cc1ccn2c(CC(=O)NCc3ccccc3Cl)c(-c3ccc(C)c(C)c3)nc2c1. The van der Waals surface area contributed by atoms with Gasteiger partial charge in [0.1, 0.15) is 5.65 Å². The summed E-state index contributed by atoms with van der Waals surface area (Å²) in [5, 5.41) is 3.64. The Morgan fingerprint density at radius 1 is 1.03 bits per heavy atom. The van der Waals surface area contributed by atoms with E-state index in [1.165, 1.54) is 11.1 Å². The summed E-state index contributed by atoms with van der Waals surface area (Å²) in [6.07, 6.45) is 2.22. The lowest BCUT2D eigenvalue weighted by Crippen LogP contribution is -2.25. The number of fused-ring (bicyclic) bond motifs is 1. The quantitative estimate of drug-likeness (QED) is 0.470. The molecule has 0 saturated heterocycles. The number of nitrogens with one attached hydrogen (secondary N) is 1. The second-order valence-electron chi connectivity index (χ2n) is 7.68. The Morgan fingerprint density at radius 2 is 1.83 bits per heavy atom. The summed E-state index contributed by atoms with van der Waals surface area (Å²) in [4.78, 5) is 17.7. The molecule has 0 saturated carbocycles. The van der Waals surface area contributed by atoms with E-state index < -0.39 is 0 Å². The number of nitrogens with zero attached hydrogens (tertiary/aromatic N) is 2. The standard InChI is InChI=1S/C25H24ClN3O/c1-16-10-11-29-22(14-24(30)27-15-20-6-4-5-7-21(20)26)25(28-23(29)12-16)19-9-8-17(2)18(3)13-19/h4-13H,14-15H2,1-3H3,(H,27,30). The topological polar surface area (TPSA) is 46.4 Å². The van der Waals surface area contributed by atoms with Crippen molar-refractivity contribution in [1.82, 2.24) is 14.7 Å². The molecule has 0 bridgehead atoms. The van der Waals surface area contributed by atoms with Crippen molar-refractivity contribution < 1.29 is 4.79 Å². The molecule has 0 aliphatic rings. The molecule has 1 N–H and O–H groups in total. The third-order valence-electron chi connectivity index (χ3n) is 5.42. The Hall–Kier alpha value is -3.11. The average molecular weight is 418 g/mol. The van der Waals surface area contributed by atoms with Crippen molar-refractivity contribution in [3.63, 3.8) is 0 Å². The van der Waals surface area contributed by atoms with Gasteiger partial charge in [0.15, 0.2) is 0 Å². The van der Waals surface area contributed by atoms with Crippen LogP contribution in [0.2, 0.25) is 5.02 Å². The van der Waals surface area contributed by atoms with Gasteiger partial charge in [-0.2, -0.15) is 0 Å². The highest BCUT2D eigenvalue weighted by Gasteiger charge is 2.18. The average Bonchev–Trinajstić information content (AvgIpc) is 3.06. The van der Waals surface area contributed by atoms with Crippen LogP contribution in [0.15, 0.2) is 60.8 Å². The van der Waals surface area contributed by atoms with Gasteiger partial charge in [0.05, 0.1) is 17.8 Å². The maximum Gasteiger partial charge on any atom is 0.226 e. The fourth-order valence-corrected chi connectivity index (χ4v) is 3.74. The van der Waals surface area contributed by atoms with Gasteiger partial charge in [-0.15, -0.1) is 0 Å². The fraction of sp³-hybridized carbons (Fsp3) is 0.200. The molecular weight excluding hydrogens is 394 g/mol. The van der Waals surface area contributed by atoms with E-state index in [1.54, 1.807) is 0 Å². The summed E-state index contributed by atoms with van der Waals surface area (Å²) in [6.45, 7) is 6.62. The molecule has 2 heterocycles. The van der Waals surface area contributed by atoms with E-state index in [0.717, 1.165) is 33.7 Å². The number of pyridine rings is 1. The van der Waals surface area contributed by atoms with Gasteiger partial charge >= 0.3 is 0 Å². The Balaban J connectivity index is 1.67. The molecule has 0 spiro atoms. The number of halogens is 1. The molecule has 0 atom stereocenters. The number of hydrogen-bond donors (Lipinski definition) is 1. The molecule has 0 aliphatic carbocycles. The molecule has 2 aromatic carbocycles. The highest BCUT2D eigenvalue weighted by Crippen LogP contribution is 2.27. The molecular formula is C25H24ClN3O. The van der Waals surface area contributed by atoms with Crippen molar-refractivity contribution in [2.24, 2.45) is 0 Å². The lowest BCUT2D eigenvalue weighted by molar-refractivity contribution is -0.120. The number of hydrogen-bond acceptors (Lipinski definition) is 2. The fourth-order valence-electron chi connectivity index (χ4n) is 3.54. The van der Waals surface area contributed by atoms with Crippen LogP contribution in [0.25, 0.3) is 16.9 Å². The number of imidazole rings is 1. The molecule has 4 rings (SSSR count). The minimum atomic E-state index is -0.0672. The van der Waals surface area contributed by atoms with Gasteiger partial charge in [0.2, 0.25) is 5.91 Å². The normalized spacial score (nSPS) is 11.1. The molecule has 5 heteroatoms. The van der Waals surface area contributed by atoms with Crippen LogP contribution >= 0.6 is 11.6 Å². The van der Waals surface area contributed by atoms with E-state index in [1.807, 2.05) is 53.9 Å². The maximum atomic E-state index is 12.8. The summed E-state index contributed by atoms with van der Waals surface area (Å²) < 4.78 is 2.01. The highest BCUT2D eigenvalue weighted by atomic mass is 35.5. The maximum absolute atomic E-state index is 12.8. The third kappa shape index (κ3) is 4.10. The second kappa shape index (κ2) is 8.33. The number of carbonyl (C=O) groups excluding carboxylic acids is 1. The summed E-state index contributed by atoms with van der Waals surface area (Å²) >= 11 is 6.21. The van der Waals surface area contributed by atoms with Crippen LogP contribution in [0.4, 0.5) is 0 Å². The number of aromatic nitrogens is 2. The Morgan fingerprint density at radius 3 is 2.60 bits per heavy atom. The van der Waals surface area contributed by atoms with Crippen molar-refractivity contribution >= 4 is 23.2 Å². The Labute approximate surface area is 181 Å². The predicted molar refractivity (Wildman–Crippen MR) is 122 cm³/mol. The zero-order chi connectivity index (χ0) is 21.3. The first-order chi connectivity index (χ1) is 14.4. The first kappa shape index (κ1) is 20.2. The van der Waals surface area contributed by atoms with Crippen LogP contribution in [-0.4, -0.2) is 15.3 Å². The molecule has 0 radical (unpaired) electrons. The molecule has 0 fully saturated rings. The van der Waals surface area contributed by atoms with Crippen LogP contribution in [-0.2, 0) is 17.8 Å². The van der Waals surface area contributed by atoms with E-state index in [9.17, 15) is 4.79 Å². The molecule has 4 aromatic rings. The van der Waals surface area contributed by atoms with Crippen LogP contribution in [0.1, 0.15) is 27.9 Å². The molecule has 4 nitrogen and oxygen atoms in total. The third-order valence-corrected chi connectivity index (χ3v) is 5.79. The monoisotopic (exact) mass is 417 g/mol. The Bertz CT molecular complexity index is 1240. The smallest absolute Gasteiger partial charge is 0.226 e. The first-order valence-corrected chi connectivity index (χ1v) is 10.4. The minimum Gasteiger partial charge on any atom is -0.352 e. The summed E-state index contributed by atoms with van der Waals surface area (Å²) in [6, 6.07) is 17.9. The van der Waals surface area contributed by atoms with Crippen molar-refractivity contribution in [1.29, 1.82) is 0 Å². The molecule has 0 aliphatic heterocycles. The zero-order valence-electron chi connectivity index (χ0n) is 17.4. The second-order valence-corrected chi connectivity index (χ2v) is 8.09. The highest BCUT2D eigenvalue weighted by molar-refractivity contribution is 6.31. The molecule has 0 unspecified atom stereocenters. The lowest BCUT2D eigenvalue weighted by atomic mass is 10.0. The lowest BCUT2D eigenvalue weighted by Gasteiger charge is -2.09. The van der Waals surface area contributed by atoms with Crippen LogP contribution in [0.5, 0.6) is 0 Å². The number of benzene rings is 2. The molecule has 30 heavy (non-hydrogen) atoms. The van der Waals surface area contributed by atoms with E-state index in [4.69, 9.17) is 16.6 Å². The van der Waals surface area contributed by atoms with Gasteiger partial charge in [0, 0.05) is 23.3 Å². The number of carbonyl (C=O) groups is 1. The van der Waals surface area contributed by atoms with Gasteiger partial charge in [-0.1, -0.05) is 41.9 Å². The van der Waals surface area contributed by atoms with Crippen LogP contribution in [0.3, 0.4) is 0 Å². The first-order valence-electron chi connectivity index (χ1n) is 9.97. The van der Waals surface area contributed by atoms with Gasteiger partial charge in [-0.3, -0.25) is 4.79 Å². The number of rotatable bonds is 5. The van der Waals surface area contributed by atoms with E-state index in [-0.39, 0.29) is 12.3 Å². The van der Waals surface area contributed by atoms with E-state index >= 15 is 0 Å². The van der Waals surface area contributed by atoms with Crippen molar-refractivity contribution in [3.8, 4) is 11.3 Å². The molecule has 1 amide bonds. The predicted octanol–water partition coefficient (Wildman–Crippen LogP) is 5.44. The molecule has 2 aromatic heterocycles. The molecule has 152 valence electrons. The zero-order valence-corrected chi connectivity index (χ0v) is 18.1. The minimum absolute atomic E-state index is 0.0672. The largest absolute Gasteiger partial charge is 0.352 e. The van der Waals surface area contributed by atoms with E-state index in [2.05, 4.69) is 37.4 Å². The van der Waals surface area contributed by atoms with Crippen molar-refractivity contribution in [3.05, 3.63) is 93.8 Å². The van der Waals surface area contributed by atoms with Crippen LogP contribution in [0, 0.1) is 20.8 Å². The summed E-state index contributed by atoms with van der Waals surface area (Å²) in [5.74, 6) is -0.0672. The van der Waals surface area contributed by atoms with Gasteiger partial charge in [0.25, 0.3) is 0 Å².